The van der Waals surface area contributed by atoms with E-state index in [0.29, 0.717) is 24.8 Å². The van der Waals surface area contributed by atoms with Crippen molar-refractivity contribution in [3.05, 3.63) is 5.69 Å². The first-order valence-corrected chi connectivity index (χ1v) is 6.99. The number of nitrogens with zero attached hydrogens (tertiary/aromatic N) is 3. The Morgan fingerprint density at radius 3 is 2.22 bits per heavy atom. The zero-order valence-corrected chi connectivity index (χ0v) is 11.9. The largest absolute Gasteiger partial charge is 0.388 e. The average Bonchev–Trinajstić information content (AvgIpc) is 2.75. The quantitative estimate of drug-likeness (QED) is 0.642. The van der Waals surface area contributed by atoms with Crippen molar-refractivity contribution in [1.82, 2.24) is 14.5 Å². The summed E-state index contributed by atoms with van der Waals surface area (Å²) in [5.74, 6) is 0. The van der Waals surface area contributed by atoms with Crippen LogP contribution < -0.4 is 5.73 Å². The molecule has 0 fully saturated rings. The second-order valence-corrected chi connectivity index (χ2v) is 4.54. The van der Waals surface area contributed by atoms with Crippen LogP contribution in [0.3, 0.4) is 0 Å². The van der Waals surface area contributed by atoms with E-state index in [4.69, 9.17) is 15.2 Å². The van der Waals surface area contributed by atoms with Gasteiger partial charge in [-0.3, -0.25) is 4.90 Å². The first kappa shape index (κ1) is 15.3. The minimum Gasteiger partial charge on any atom is -0.388 e. The summed E-state index contributed by atoms with van der Waals surface area (Å²) in [6.45, 7) is 9.26. The molecule has 6 nitrogen and oxygen atoms in total. The van der Waals surface area contributed by atoms with Crippen LogP contribution in [0.15, 0.2) is 0 Å². The van der Waals surface area contributed by atoms with Gasteiger partial charge in [0.25, 0.3) is 0 Å². The van der Waals surface area contributed by atoms with Gasteiger partial charge in [-0.15, -0.1) is 5.10 Å². The van der Waals surface area contributed by atoms with Crippen molar-refractivity contribution in [1.29, 1.82) is 0 Å². The molecule has 0 aromatic carbocycles. The third-order valence-electron chi connectivity index (χ3n) is 2.47. The van der Waals surface area contributed by atoms with E-state index in [0.717, 1.165) is 32.0 Å². The summed E-state index contributed by atoms with van der Waals surface area (Å²) in [4.78, 5) is 2.22. The molecule has 0 saturated heterocycles. The van der Waals surface area contributed by atoms with Crippen molar-refractivity contribution in [2.24, 2.45) is 0 Å². The summed E-state index contributed by atoms with van der Waals surface area (Å²) >= 11 is 1.23. The Kier molecular flexibility index (Phi) is 7.83. The number of hydrogen-bond acceptors (Lipinski definition) is 7. The molecular weight excluding hydrogens is 252 g/mol. The second kappa shape index (κ2) is 9.21. The lowest BCUT2D eigenvalue weighted by Gasteiger charge is -2.21. The normalized spacial score (nSPS) is 11.3. The van der Waals surface area contributed by atoms with E-state index in [-0.39, 0.29) is 0 Å². The van der Waals surface area contributed by atoms with Crippen LogP contribution in [0.5, 0.6) is 0 Å². The summed E-state index contributed by atoms with van der Waals surface area (Å²) in [6, 6.07) is 0. The SMILES string of the molecule is CCOCCN(CCOCC)Cc1nnsc1N. The van der Waals surface area contributed by atoms with Crippen LogP contribution in [-0.4, -0.2) is 54.0 Å². The highest BCUT2D eigenvalue weighted by Crippen LogP contribution is 2.14. The van der Waals surface area contributed by atoms with E-state index in [1.165, 1.54) is 11.5 Å². The van der Waals surface area contributed by atoms with Gasteiger partial charge >= 0.3 is 0 Å². The van der Waals surface area contributed by atoms with Crippen LogP contribution in [0.4, 0.5) is 5.00 Å². The lowest BCUT2D eigenvalue weighted by molar-refractivity contribution is 0.0793. The van der Waals surface area contributed by atoms with E-state index < -0.39 is 0 Å². The Balaban J connectivity index is 2.40. The minimum absolute atomic E-state index is 0.688. The lowest BCUT2D eigenvalue weighted by atomic mass is 10.4. The summed E-state index contributed by atoms with van der Waals surface area (Å²) in [5, 5.41) is 4.72. The molecule has 1 rings (SSSR count). The third-order valence-corrected chi connectivity index (χ3v) is 3.07. The molecule has 0 aliphatic rings. The Morgan fingerprint density at radius 1 is 1.17 bits per heavy atom. The van der Waals surface area contributed by atoms with E-state index in [2.05, 4.69) is 14.5 Å². The molecule has 18 heavy (non-hydrogen) atoms. The number of nitrogens with two attached hydrogens (primary N) is 1. The van der Waals surface area contributed by atoms with Gasteiger partial charge in [0.15, 0.2) is 0 Å². The monoisotopic (exact) mass is 274 g/mol. The van der Waals surface area contributed by atoms with Gasteiger partial charge < -0.3 is 15.2 Å². The van der Waals surface area contributed by atoms with Crippen molar-refractivity contribution >= 4 is 16.5 Å². The first-order valence-electron chi connectivity index (χ1n) is 6.22. The molecule has 0 unspecified atom stereocenters. The Hall–Kier alpha value is -0.760. The average molecular weight is 274 g/mol. The molecular formula is C11H22N4O2S. The number of anilines is 1. The standard InChI is InChI=1S/C11H22N4O2S/c1-3-16-7-5-15(6-8-17-4-2)9-10-11(12)18-14-13-10/h3-9,12H2,1-2H3. The molecule has 1 heterocycles. The Morgan fingerprint density at radius 2 is 1.78 bits per heavy atom. The molecule has 104 valence electrons. The Labute approximate surface area is 112 Å². The number of ether oxygens (including phenoxy) is 2. The fraction of sp³-hybridized carbons (Fsp3) is 0.818. The minimum atomic E-state index is 0.688. The van der Waals surface area contributed by atoms with Crippen LogP contribution in [0.25, 0.3) is 0 Å². The predicted octanol–water partition coefficient (Wildman–Crippen LogP) is 0.995. The number of aromatic nitrogens is 2. The molecule has 1 aromatic rings. The molecule has 7 heteroatoms. The molecule has 1 aromatic heterocycles. The van der Waals surface area contributed by atoms with Crippen molar-refractivity contribution in [2.75, 3.05) is 45.3 Å². The van der Waals surface area contributed by atoms with E-state index in [9.17, 15) is 0 Å². The summed E-state index contributed by atoms with van der Waals surface area (Å²) in [6.07, 6.45) is 0. The van der Waals surface area contributed by atoms with Crippen LogP contribution >= 0.6 is 11.5 Å². The van der Waals surface area contributed by atoms with Crippen molar-refractivity contribution in [3.63, 3.8) is 0 Å². The van der Waals surface area contributed by atoms with E-state index in [1.54, 1.807) is 0 Å². The number of nitrogen functional groups attached to an aromatic ring is 1. The molecule has 0 atom stereocenters. The van der Waals surface area contributed by atoms with Crippen LogP contribution in [-0.2, 0) is 16.0 Å². The Bertz CT molecular complexity index is 312. The molecule has 0 amide bonds. The fourth-order valence-electron chi connectivity index (χ4n) is 1.48. The van der Waals surface area contributed by atoms with Gasteiger partial charge in [-0.2, -0.15) is 0 Å². The summed E-state index contributed by atoms with van der Waals surface area (Å²) < 4.78 is 14.6. The van der Waals surface area contributed by atoms with E-state index in [1.807, 2.05) is 13.8 Å². The van der Waals surface area contributed by atoms with Gasteiger partial charge in [0.05, 0.1) is 13.2 Å². The van der Waals surface area contributed by atoms with Gasteiger partial charge in [-0.05, 0) is 13.8 Å². The van der Waals surface area contributed by atoms with Crippen molar-refractivity contribution < 1.29 is 9.47 Å². The van der Waals surface area contributed by atoms with Gasteiger partial charge in [0, 0.05) is 44.4 Å². The molecule has 0 aliphatic heterocycles. The highest BCUT2D eigenvalue weighted by atomic mass is 32.1. The summed E-state index contributed by atoms with van der Waals surface area (Å²) in [7, 11) is 0. The molecule has 2 N–H and O–H groups in total. The van der Waals surface area contributed by atoms with Gasteiger partial charge in [0.2, 0.25) is 0 Å². The zero-order chi connectivity index (χ0) is 13.2. The fourth-order valence-corrected chi connectivity index (χ4v) is 1.92. The smallest absolute Gasteiger partial charge is 0.132 e. The maximum Gasteiger partial charge on any atom is 0.132 e. The molecule has 0 bridgehead atoms. The molecule has 0 saturated carbocycles. The zero-order valence-electron chi connectivity index (χ0n) is 11.1. The predicted molar refractivity (Wildman–Crippen MR) is 72.6 cm³/mol. The van der Waals surface area contributed by atoms with Gasteiger partial charge in [0.1, 0.15) is 10.7 Å². The van der Waals surface area contributed by atoms with Crippen molar-refractivity contribution in [2.45, 2.75) is 20.4 Å². The molecule has 0 radical (unpaired) electrons. The number of hydrogen-bond donors (Lipinski definition) is 1. The van der Waals surface area contributed by atoms with Gasteiger partial charge in [-0.25, -0.2) is 0 Å². The maximum atomic E-state index is 5.80. The second-order valence-electron chi connectivity index (χ2n) is 3.75. The highest BCUT2D eigenvalue weighted by molar-refractivity contribution is 7.09. The summed E-state index contributed by atoms with van der Waals surface area (Å²) in [5.41, 5.74) is 6.64. The van der Waals surface area contributed by atoms with Crippen LogP contribution in [0.1, 0.15) is 19.5 Å². The first-order chi connectivity index (χ1) is 8.77. The van der Waals surface area contributed by atoms with Crippen LogP contribution in [0, 0.1) is 0 Å². The maximum absolute atomic E-state index is 5.80. The van der Waals surface area contributed by atoms with Crippen molar-refractivity contribution in [3.8, 4) is 0 Å². The van der Waals surface area contributed by atoms with Gasteiger partial charge in [-0.1, -0.05) is 4.49 Å². The molecule has 0 aliphatic carbocycles. The van der Waals surface area contributed by atoms with Crippen LogP contribution in [0.2, 0.25) is 0 Å². The van der Waals surface area contributed by atoms with E-state index >= 15 is 0 Å². The highest BCUT2D eigenvalue weighted by Gasteiger charge is 2.11. The number of rotatable bonds is 10. The molecule has 0 spiro atoms. The third kappa shape index (κ3) is 5.72. The lowest BCUT2D eigenvalue weighted by Crippen LogP contribution is -2.31. The topological polar surface area (TPSA) is 73.5 Å².